The van der Waals surface area contributed by atoms with Crippen molar-refractivity contribution >= 4 is 49.7 Å². The third-order valence-electron chi connectivity index (χ3n) is 7.87. The van der Waals surface area contributed by atoms with Gasteiger partial charge in [0.1, 0.15) is 5.52 Å². The first kappa shape index (κ1) is 24.2. The summed E-state index contributed by atoms with van der Waals surface area (Å²) in [7, 11) is 0. The van der Waals surface area contributed by atoms with E-state index in [1.165, 1.54) is 21.9 Å². The summed E-state index contributed by atoms with van der Waals surface area (Å²) in [5.41, 5.74) is 8.27. The van der Waals surface area contributed by atoms with Crippen molar-refractivity contribution in [2.45, 2.75) is 0 Å². The van der Waals surface area contributed by atoms with Crippen LogP contribution in [0, 0.1) is 0 Å². The average molecular weight is 539 g/mol. The highest BCUT2D eigenvalue weighted by atomic mass is 16.3. The maximum Gasteiger partial charge on any atom is 0.227 e. The van der Waals surface area contributed by atoms with Crippen LogP contribution in [0.1, 0.15) is 0 Å². The van der Waals surface area contributed by atoms with E-state index in [2.05, 4.69) is 150 Å². The SMILES string of the molecule is c1ccc(-c2cccc(N(c3ccccc3)c3ccc(-c4nc5c6ccccc6c6ccccc6c5o4)cc3)c2)cc1. The Morgan fingerprint density at radius 3 is 1.69 bits per heavy atom. The molecule has 0 aliphatic carbocycles. The summed E-state index contributed by atoms with van der Waals surface area (Å²) < 4.78 is 6.49. The Bertz CT molecular complexity index is 2110. The van der Waals surface area contributed by atoms with Crippen LogP contribution < -0.4 is 4.90 Å². The lowest BCUT2D eigenvalue weighted by atomic mass is 10.0. The summed E-state index contributed by atoms with van der Waals surface area (Å²) in [6, 6.07) is 54.9. The van der Waals surface area contributed by atoms with Gasteiger partial charge in [-0.3, -0.25) is 0 Å². The molecule has 0 amide bonds. The number of anilines is 3. The third-order valence-corrected chi connectivity index (χ3v) is 7.87. The Labute approximate surface area is 243 Å². The second-order valence-electron chi connectivity index (χ2n) is 10.4. The number of oxazole rings is 1. The molecule has 0 N–H and O–H groups in total. The molecule has 0 unspecified atom stereocenters. The van der Waals surface area contributed by atoms with Gasteiger partial charge in [0.05, 0.1) is 0 Å². The molecule has 0 saturated carbocycles. The van der Waals surface area contributed by atoms with E-state index in [1.54, 1.807) is 0 Å². The molecule has 1 heterocycles. The summed E-state index contributed by atoms with van der Waals surface area (Å²) in [5.74, 6) is 0.621. The monoisotopic (exact) mass is 538 g/mol. The minimum Gasteiger partial charge on any atom is -0.435 e. The van der Waals surface area contributed by atoms with Crippen molar-refractivity contribution in [3.63, 3.8) is 0 Å². The van der Waals surface area contributed by atoms with E-state index in [9.17, 15) is 0 Å². The molecule has 0 radical (unpaired) electrons. The quantitative estimate of drug-likeness (QED) is 0.204. The van der Waals surface area contributed by atoms with E-state index in [0.717, 1.165) is 44.5 Å². The van der Waals surface area contributed by atoms with Gasteiger partial charge in [-0.2, -0.15) is 0 Å². The Balaban J connectivity index is 1.23. The fourth-order valence-corrected chi connectivity index (χ4v) is 5.88. The molecule has 0 fully saturated rings. The van der Waals surface area contributed by atoms with Crippen molar-refractivity contribution in [2.24, 2.45) is 0 Å². The number of para-hydroxylation sites is 1. The predicted molar refractivity (Wildman–Crippen MR) is 175 cm³/mol. The van der Waals surface area contributed by atoms with Crippen LogP contribution in [0.25, 0.3) is 55.2 Å². The van der Waals surface area contributed by atoms with Crippen LogP contribution in [0.3, 0.4) is 0 Å². The molecule has 8 rings (SSSR count). The summed E-state index contributed by atoms with van der Waals surface area (Å²) in [6.07, 6.45) is 0. The van der Waals surface area contributed by atoms with Gasteiger partial charge in [0.25, 0.3) is 0 Å². The Kier molecular flexibility index (Phi) is 5.79. The van der Waals surface area contributed by atoms with E-state index in [-0.39, 0.29) is 0 Å². The highest BCUT2D eigenvalue weighted by Crippen LogP contribution is 2.39. The number of aromatic nitrogens is 1. The maximum atomic E-state index is 6.49. The van der Waals surface area contributed by atoms with E-state index < -0.39 is 0 Å². The minimum atomic E-state index is 0.621. The predicted octanol–water partition coefficient (Wildman–Crippen LogP) is 10.9. The Morgan fingerprint density at radius 2 is 0.952 bits per heavy atom. The number of rotatable bonds is 5. The van der Waals surface area contributed by atoms with Crippen molar-refractivity contribution in [2.75, 3.05) is 4.90 Å². The standard InChI is InChI=1S/C39H26N2O/c1-3-12-27(13-4-1)29-14-11-17-32(26-29)41(30-15-5-2-6-16-30)31-24-22-28(23-25-31)39-40-37-35-20-9-7-18-33(35)34-19-8-10-21-36(34)38(37)42-39/h1-26H. The molecule has 198 valence electrons. The summed E-state index contributed by atoms with van der Waals surface area (Å²) >= 11 is 0. The summed E-state index contributed by atoms with van der Waals surface area (Å²) in [6.45, 7) is 0. The second kappa shape index (κ2) is 10.1. The lowest BCUT2D eigenvalue weighted by Gasteiger charge is -2.26. The molecule has 0 atom stereocenters. The first-order valence-electron chi connectivity index (χ1n) is 14.1. The number of fused-ring (bicyclic) bond motifs is 6. The molecular weight excluding hydrogens is 512 g/mol. The van der Waals surface area contributed by atoms with Crippen LogP contribution in [-0.2, 0) is 0 Å². The summed E-state index contributed by atoms with van der Waals surface area (Å²) in [4.78, 5) is 7.30. The van der Waals surface area contributed by atoms with Crippen LogP contribution in [0.4, 0.5) is 17.1 Å². The van der Waals surface area contributed by atoms with E-state index >= 15 is 0 Å². The molecule has 0 aliphatic rings. The molecule has 3 nitrogen and oxygen atoms in total. The van der Waals surface area contributed by atoms with Gasteiger partial charge in [0, 0.05) is 33.4 Å². The van der Waals surface area contributed by atoms with Crippen molar-refractivity contribution in [3.05, 3.63) is 158 Å². The van der Waals surface area contributed by atoms with Gasteiger partial charge in [0.15, 0.2) is 5.58 Å². The molecule has 0 spiro atoms. The number of hydrogen-bond donors (Lipinski definition) is 0. The van der Waals surface area contributed by atoms with E-state index in [0.29, 0.717) is 5.89 Å². The van der Waals surface area contributed by atoms with Crippen LogP contribution in [0.2, 0.25) is 0 Å². The number of hydrogen-bond acceptors (Lipinski definition) is 3. The normalized spacial score (nSPS) is 11.3. The zero-order chi connectivity index (χ0) is 27.9. The van der Waals surface area contributed by atoms with Crippen molar-refractivity contribution in [1.82, 2.24) is 4.98 Å². The number of nitrogens with zero attached hydrogens (tertiary/aromatic N) is 2. The van der Waals surface area contributed by atoms with Gasteiger partial charge in [-0.1, -0.05) is 109 Å². The topological polar surface area (TPSA) is 29.3 Å². The zero-order valence-electron chi connectivity index (χ0n) is 22.8. The lowest BCUT2D eigenvalue weighted by Crippen LogP contribution is -2.09. The highest BCUT2D eigenvalue weighted by molar-refractivity contribution is 6.22. The molecule has 1 aromatic heterocycles. The molecule has 3 heteroatoms. The third kappa shape index (κ3) is 4.11. The molecule has 8 aromatic rings. The van der Waals surface area contributed by atoms with Crippen LogP contribution in [0.15, 0.2) is 162 Å². The first-order chi connectivity index (χ1) is 20.8. The molecule has 0 bridgehead atoms. The largest absolute Gasteiger partial charge is 0.435 e. The molecule has 0 aliphatic heterocycles. The lowest BCUT2D eigenvalue weighted by molar-refractivity contribution is 0.623. The van der Waals surface area contributed by atoms with Crippen molar-refractivity contribution in [1.29, 1.82) is 0 Å². The van der Waals surface area contributed by atoms with Crippen LogP contribution >= 0.6 is 0 Å². The van der Waals surface area contributed by atoms with Crippen LogP contribution in [0.5, 0.6) is 0 Å². The van der Waals surface area contributed by atoms with Crippen molar-refractivity contribution < 1.29 is 4.42 Å². The van der Waals surface area contributed by atoms with Gasteiger partial charge in [-0.05, 0) is 70.4 Å². The van der Waals surface area contributed by atoms with Gasteiger partial charge >= 0.3 is 0 Å². The summed E-state index contributed by atoms with van der Waals surface area (Å²) in [5, 5.41) is 4.54. The average Bonchev–Trinajstić information content (AvgIpc) is 3.53. The molecular formula is C39H26N2O. The number of benzene rings is 7. The molecule has 42 heavy (non-hydrogen) atoms. The molecule has 7 aromatic carbocycles. The van der Waals surface area contributed by atoms with E-state index in [1.807, 2.05) is 12.1 Å². The van der Waals surface area contributed by atoms with Gasteiger partial charge in [-0.15, -0.1) is 0 Å². The zero-order valence-corrected chi connectivity index (χ0v) is 22.8. The maximum absolute atomic E-state index is 6.49. The van der Waals surface area contributed by atoms with Gasteiger partial charge in [-0.25, -0.2) is 4.98 Å². The fourth-order valence-electron chi connectivity index (χ4n) is 5.88. The van der Waals surface area contributed by atoms with Crippen LogP contribution in [-0.4, -0.2) is 4.98 Å². The smallest absolute Gasteiger partial charge is 0.227 e. The minimum absolute atomic E-state index is 0.621. The second-order valence-corrected chi connectivity index (χ2v) is 10.4. The molecule has 0 saturated heterocycles. The Morgan fingerprint density at radius 1 is 0.405 bits per heavy atom. The van der Waals surface area contributed by atoms with E-state index in [4.69, 9.17) is 9.40 Å². The van der Waals surface area contributed by atoms with Gasteiger partial charge in [0.2, 0.25) is 5.89 Å². The highest BCUT2D eigenvalue weighted by Gasteiger charge is 2.17. The van der Waals surface area contributed by atoms with Gasteiger partial charge < -0.3 is 9.32 Å². The fraction of sp³-hybridized carbons (Fsp3) is 0. The first-order valence-corrected chi connectivity index (χ1v) is 14.1. The Hall–Kier alpha value is -5.67. The van der Waals surface area contributed by atoms with Crippen molar-refractivity contribution in [3.8, 4) is 22.6 Å².